The lowest BCUT2D eigenvalue weighted by Crippen LogP contribution is -1.90. The average Bonchev–Trinajstić information content (AvgIpc) is 3.02. The van der Waals surface area contributed by atoms with Crippen molar-refractivity contribution in [1.82, 2.24) is 0 Å². The quantitative estimate of drug-likeness (QED) is 0.162. The van der Waals surface area contributed by atoms with Gasteiger partial charge in [0.15, 0.2) is 0 Å². The fourth-order valence-corrected chi connectivity index (χ4v) is 6.12. The molecule has 6 rings (SSSR count). The van der Waals surface area contributed by atoms with Crippen molar-refractivity contribution in [2.75, 3.05) is 0 Å². The zero-order valence-corrected chi connectivity index (χ0v) is 24.7. The molecule has 0 radical (unpaired) electrons. The molecular weight excluding hydrogens is 492 g/mol. The van der Waals surface area contributed by atoms with Crippen LogP contribution < -0.4 is 0 Å². The monoisotopic (exact) mass is 532 g/mol. The van der Waals surface area contributed by atoms with Crippen LogP contribution in [0.2, 0.25) is 0 Å². The van der Waals surface area contributed by atoms with E-state index in [1.165, 1.54) is 97.3 Å². The minimum absolute atomic E-state index is 1.16. The van der Waals surface area contributed by atoms with Crippen molar-refractivity contribution in [2.24, 2.45) is 0 Å². The van der Waals surface area contributed by atoms with Gasteiger partial charge in [-0.2, -0.15) is 0 Å². The van der Waals surface area contributed by atoms with Gasteiger partial charge in [0.2, 0.25) is 0 Å². The van der Waals surface area contributed by atoms with Crippen LogP contribution in [-0.2, 0) is 12.8 Å². The van der Waals surface area contributed by atoms with Crippen LogP contribution >= 0.6 is 0 Å². The van der Waals surface area contributed by atoms with Crippen molar-refractivity contribution >= 4 is 21.5 Å². The highest BCUT2D eigenvalue weighted by molar-refractivity contribution is 6.14. The smallest absolute Gasteiger partial charge is 0.00241 e. The molecule has 41 heavy (non-hydrogen) atoms. The van der Waals surface area contributed by atoms with Gasteiger partial charge in [-0.3, -0.25) is 0 Å². The number of hydrogen-bond donors (Lipinski definition) is 0. The van der Waals surface area contributed by atoms with E-state index in [-0.39, 0.29) is 0 Å². The molecule has 0 N–H and O–H groups in total. The van der Waals surface area contributed by atoms with E-state index in [1.54, 1.807) is 0 Å². The van der Waals surface area contributed by atoms with E-state index in [1.807, 2.05) is 0 Å². The molecule has 0 unspecified atom stereocenters. The molecular formula is C41H40. The van der Waals surface area contributed by atoms with Gasteiger partial charge in [-0.05, 0) is 122 Å². The second-order valence-corrected chi connectivity index (χ2v) is 11.5. The highest BCUT2D eigenvalue weighted by Crippen LogP contribution is 2.40. The van der Waals surface area contributed by atoms with Gasteiger partial charge in [-0.25, -0.2) is 0 Å². The Morgan fingerprint density at radius 1 is 0.463 bits per heavy atom. The van der Waals surface area contributed by atoms with Crippen molar-refractivity contribution in [1.29, 1.82) is 0 Å². The van der Waals surface area contributed by atoms with E-state index >= 15 is 0 Å². The summed E-state index contributed by atoms with van der Waals surface area (Å²) in [5.74, 6) is 0. The van der Waals surface area contributed by atoms with E-state index in [9.17, 15) is 0 Å². The number of hydrogen-bond acceptors (Lipinski definition) is 0. The summed E-state index contributed by atoms with van der Waals surface area (Å²) in [5.41, 5.74) is 11.9. The predicted octanol–water partition coefficient (Wildman–Crippen LogP) is 12.0. The van der Waals surface area contributed by atoms with Crippen LogP contribution in [0.4, 0.5) is 0 Å². The maximum Gasteiger partial charge on any atom is -0.00241 e. The average molecular weight is 533 g/mol. The van der Waals surface area contributed by atoms with Gasteiger partial charge in [0.1, 0.15) is 0 Å². The van der Waals surface area contributed by atoms with Crippen LogP contribution in [0.15, 0.2) is 115 Å². The SMILES string of the molecule is CCCCc1ccc(-c2ccc3c(-c4ccccc4C)c4ccc(-c5ccc(CCCC)cc5)cc4cc3c2)cc1. The van der Waals surface area contributed by atoms with Gasteiger partial charge in [-0.15, -0.1) is 0 Å². The lowest BCUT2D eigenvalue weighted by Gasteiger charge is -2.16. The molecule has 0 bridgehead atoms. The number of fused-ring (bicyclic) bond motifs is 2. The summed E-state index contributed by atoms with van der Waals surface area (Å²) in [5, 5.41) is 5.19. The molecule has 0 fully saturated rings. The topological polar surface area (TPSA) is 0 Å². The normalized spacial score (nSPS) is 11.4. The zero-order valence-electron chi connectivity index (χ0n) is 24.7. The molecule has 0 nitrogen and oxygen atoms in total. The zero-order chi connectivity index (χ0) is 28.2. The second kappa shape index (κ2) is 12.1. The summed E-state index contributed by atoms with van der Waals surface area (Å²) in [7, 11) is 0. The van der Waals surface area contributed by atoms with Gasteiger partial charge in [0.05, 0.1) is 0 Å². The minimum Gasteiger partial charge on any atom is -0.0654 e. The minimum atomic E-state index is 1.16. The van der Waals surface area contributed by atoms with Crippen molar-refractivity contribution < 1.29 is 0 Å². The van der Waals surface area contributed by atoms with Crippen molar-refractivity contribution in [2.45, 2.75) is 59.3 Å². The molecule has 0 heterocycles. The Labute approximate surface area is 245 Å². The second-order valence-electron chi connectivity index (χ2n) is 11.5. The lowest BCUT2D eigenvalue weighted by atomic mass is 9.87. The van der Waals surface area contributed by atoms with E-state index in [2.05, 4.69) is 136 Å². The maximum absolute atomic E-state index is 2.39. The van der Waals surface area contributed by atoms with Crippen molar-refractivity contribution in [3.63, 3.8) is 0 Å². The van der Waals surface area contributed by atoms with Crippen molar-refractivity contribution in [3.05, 3.63) is 132 Å². The molecule has 0 saturated heterocycles. The highest BCUT2D eigenvalue weighted by Gasteiger charge is 2.14. The molecule has 0 saturated carbocycles. The van der Waals surface area contributed by atoms with Crippen LogP contribution in [0, 0.1) is 6.92 Å². The van der Waals surface area contributed by atoms with Crippen LogP contribution in [0.25, 0.3) is 54.9 Å². The number of unbranched alkanes of at least 4 members (excludes halogenated alkanes) is 2. The maximum atomic E-state index is 2.39. The molecule has 0 spiro atoms. The molecule has 204 valence electrons. The van der Waals surface area contributed by atoms with E-state index in [4.69, 9.17) is 0 Å². The van der Waals surface area contributed by atoms with Crippen LogP contribution in [0.1, 0.15) is 56.2 Å². The summed E-state index contributed by atoms with van der Waals surface area (Å²) in [6.45, 7) is 6.74. The summed E-state index contributed by atoms with van der Waals surface area (Å²) < 4.78 is 0. The number of benzene rings is 6. The first kappa shape index (κ1) is 27.0. The van der Waals surface area contributed by atoms with Crippen LogP contribution in [-0.4, -0.2) is 0 Å². The standard InChI is InChI=1S/C41H40/c1-4-6-11-30-14-18-32(19-15-30)34-22-24-39-36(26-34)28-37-27-35(33-20-16-31(17-21-33)12-7-5-2)23-25-40(37)41(39)38-13-9-8-10-29(38)3/h8-10,13-28H,4-7,11-12H2,1-3H3. The summed E-state index contributed by atoms with van der Waals surface area (Å²) in [4.78, 5) is 0. The molecule has 6 aromatic rings. The molecule has 0 heteroatoms. The molecule has 0 aliphatic heterocycles. The first-order valence-corrected chi connectivity index (χ1v) is 15.4. The molecule has 0 atom stereocenters. The Hall–Kier alpha value is -4.16. The van der Waals surface area contributed by atoms with E-state index in [0.717, 1.165) is 12.8 Å². The molecule has 0 aliphatic rings. The molecule has 0 amide bonds. The molecule has 0 aromatic heterocycles. The summed E-state index contributed by atoms with van der Waals surface area (Å²) in [6.07, 6.45) is 7.27. The number of aryl methyl sites for hydroxylation is 3. The Bertz CT molecular complexity index is 1680. The molecule has 6 aromatic carbocycles. The summed E-state index contributed by atoms with van der Waals surface area (Å²) in [6, 6.07) is 43.6. The Kier molecular flexibility index (Phi) is 8.01. The fourth-order valence-electron chi connectivity index (χ4n) is 6.12. The first-order chi connectivity index (χ1) is 20.1. The van der Waals surface area contributed by atoms with Crippen LogP contribution in [0.5, 0.6) is 0 Å². The van der Waals surface area contributed by atoms with Gasteiger partial charge >= 0.3 is 0 Å². The molecule has 0 aliphatic carbocycles. The highest BCUT2D eigenvalue weighted by atomic mass is 14.2. The summed E-state index contributed by atoms with van der Waals surface area (Å²) >= 11 is 0. The van der Waals surface area contributed by atoms with Gasteiger partial charge in [0, 0.05) is 0 Å². The van der Waals surface area contributed by atoms with Crippen molar-refractivity contribution in [3.8, 4) is 33.4 Å². The first-order valence-electron chi connectivity index (χ1n) is 15.4. The largest absolute Gasteiger partial charge is 0.0654 e. The third-order valence-electron chi connectivity index (χ3n) is 8.58. The fraction of sp³-hybridized carbons (Fsp3) is 0.220. The van der Waals surface area contributed by atoms with Gasteiger partial charge in [0.25, 0.3) is 0 Å². The Morgan fingerprint density at radius 3 is 1.39 bits per heavy atom. The Balaban J connectivity index is 1.48. The number of rotatable bonds is 9. The Morgan fingerprint density at radius 2 is 0.927 bits per heavy atom. The predicted molar refractivity (Wildman–Crippen MR) is 180 cm³/mol. The van der Waals surface area contributed by atoms with E-state index < -0.39 is 0 Å². The van der Waals surface area contributed by atoms with Crippen LogP contribution in [0.3, 0.4) is 0 Å². The van der Waals surface area contributed by atoms with E-state index in [0.29, 0.717) is 0 Å². The van der Waals surface area contributed by atoms with Gasteiger partial charge < -0.3 is 0 Å². The lowest BCUT2D eigenvalue weighted by molar-refractivity contribution is 0.795. The van der Waals surface area contributed by atoms with Gasteiger partial charge in [-0.1, -0.05) is 124 Å². The third kappa shape index (κ3) is 5.70. The third-order valence-corrected chi connectivity index (χ3v) is 8.58.